The maximum Gasteiger partial charge on any atom is 0.262 e. The van der Waals surface area contributed by atoms with Crippen LogP contribution < -0.4 is 5.32 Å². The van der Waals surface area contributed by atoms with Crippen LogP contribution in [0.5, 0.6) is 0 Å². The minimum atomic E-state index is -0.640. The molecule has 0 saturated carbocycles. The number of thioether (sulfide) groups is 1. The molecule has 0 spiro atoms. The van der Waals surface area contributed by atoms with Crippen LogP contribution in [0.2, 0.25) is 0 Å². The summed E-state index contributed by atoms with van der Waals surface area (Å²) >= 11 is 1.25. The summed E-state index contributed by atoms with van der Waals surface area (Å²) in [7, 11) is 0. The van der Waals surface area contributed by atoms with E-state index in [-0.39, 0.29) is 30.1 Å². The minimum absolute atomic E-state index is 0.0357. The van der Waals surface area contributed by atoms with Gasteiger partial charge in [0.25, 0.3) is 5.91 Å². The molecule has 5 rings (SSSR count). The number of aryl methyl sites for hydroxylation is 1. The quantitative estimate of drug-likeness (QED) is 0.530. The van der Waals surface area contributed by atoms with E-state index in [0.29, 0.717) is 22.8 Å². The molecule has 0 fully saturated rings. The number of halogens is 1. The summed E-state index contributed by atoms with van der Waals surface area (Å²) in [5, 5.41) is 9.24. The lowest BCUT2D eigenvalue weighted by Crippen LogP contribution is -2.25. The van der Waals surface area contributed by atoms with E-state index in [1.54, 1.807) is 13.0 Å². The first-order valence-corrected chi connectivity index (χ1v) is 12.2. The van der Waals surface area contributed by atoms with Gasteiger partial charge in [-0.15, -0.1) is 0 Å². The maximum absolute atomic E-state index is 13.5. The predicted molar refractivity (Wildman–Crippen MR) is 137 cm³/mol. The van der Waals surface area contributed by atoms with Crippen LogP contribution in [0.3, 0.4) is 0 Å². The Hall–Kier alpha value is -3.78. The highest BCUT2D eigenvalue weighted by molar-refractivity contribution is 8.15. The molecule has 0 saturated heterocycles. The van der Waals surface area contributed by atoms with Crippen molar-refractivity contribution < 1.29 is 14.0 Å². The zero-order valence-corrected chi connectivity index (χ0v) is 19.8. The number of nitrogens with zero attached hydrogens (tertiary/aromatic N) is 3. The first-order chi connectivity index (χ1) is 17.0. The highest BCUT2D eigenvalue weighted by atomic mass is 32.2. The number of anilines is 1. The minimum Gasteiger partial charge on any atom is -0.326 e. The van der Waals surface area contributed by atoms with E-state index in [1.165, 1.54) is 23.9 Å². The van der Waals surface area contributed by atoms with Gasteiger partial charge in [-0.05, 0) is 41.8 Å². The van der Waals surface area contributed by atoms with Crippen LogP contribution >= 0.6 is 11.8 Å². The second-order valence-corrected chi connectivity index (χ2v) is 9.61. The average molecular weight is 487 g/mol. The van der Waals surface area contributed by atoms with Crippen LogP contribution in [0.4, 0.5) is 10.1 Å². The summed E-state index contributed by atoms with van der Waals surface area (Å²) in [4.78, 5) is 29.6. The van der Waals surface area contributed by atoms with Gasteiger partial charge >= 0.3 is 0 Å². The molecule has 0 bridgehead atoms. The Labute approximate surface area is 207 Å². The number of aliphatic imine (C=N–C) groups is 1. The van der Waals surface area contributed by atoms with E-state index < -0.39 is 5.25 Å². The highest BCUT2D eigenvalue weighted by Gasteiger charge is 2.39. The summed E-state index contributed by atoms with van der Waals surface area (Å²) in [6.45, 7) is 1.63. The van der Waals surface area contributed by atoms with E-state index in [0.717, 1.165) is 16.8 Å². The summed E-state index contributed by atoms with van der Waals surface area (Å²) < 4.78 is 13.5. The lowest BCUT2D eigenvalue weighted by molar-refractivity contribution is -0.121. The summed E-state index contributed by atoms with van der Waals surface area (Å²) in [5.41, 5.74) is 3.95. The molecule has 3 aromatic rings. The Bertz CT molecular complexity index is 1330. The number of amides is 2. The van der Waals surface area contributed by atoms with Gasteiger partial charge in [0.1, 0.15) is 11.1 Å². The van der Waals surface area contributed by atoms with E-state index in [2.05, 4.69) is 10.3 Å². The number of nitrogens with one attached hydrogen (secondary N) is 1. The largest absolute Gasteiger partial charge is 0.326 e. The SMILES string of the molecule is Cc1cc(NC(=O)C[C@H]2SC(N3N=C(c4ccccc4)C[C@H]3c3ccccc3)=NC2=O)ccc1F. The van der Waals surface area contributed by atoms with Gasteiger partial charge in [-0.3, -0.25) is 9.59 Å². The van der Waals surface area contributed by atoms with E-state index in [1.807, 2.05) is 65.7 Å². The number of rotatable bonds is 5. The third-order valence-electron chi connectivity index (χ3n) is 5.94. The number of carbonyl (C=O) groups excluding carboxylic acids is 2. The third-order valence-corrected chi connectivity index (χ3v) is 7.08. The number of hydrazone groups is 1. The van der Waals surface area contributed by atoms with Crippen molar-refractivity contribution in [1.82, 2.24) is 5.01 Å². The Balaban J connectivity index is 1.32. The average Bonchev–Trinajstić information content (AvgIpc) is 3.47. The molecule has 0 radical (unpaired) electrons. The molecular weight excluding hydrogens is 463 g/mol. The lowest BCUT2D eigenvalue weighted by Gasteiger charge is -2.23. The molecule has 2 amide bonds. The summed E-state index contributed by atoms with van der Waals surface area (Å²) in [6, 6.07) is 24.2. The van der Waals surface area contributed by atoms with E-state index in [9.17, 15) is 14.0 Å². The molecule has 35 heavy (non-hydrogen) atoms. The van der Waals surface area contributed by atoms with Crippen LogP contribution in [-0.2, 0) is 9.59 Å². The monoisotopic (exact) mass is 486 g/mol. The van der Waals surface area contributed by atoms with Gasteiger partial charge in [0.2, 0.25) is 5.91 Å². The Morgan fingerprint density at radius 3 is 2.51 bits per heavy atom. The van der Waals surface area contributed by atoms with Gasteiger partial charge in [0.15, 0.2) is 5.17 Å². The summed E-state index contributed by atoms with van der Waals surface area (Å²) in [5.74, 6) is -1.02. The van der Waals surface area contributed by atoms with Gasteiger partial charge in [-0.25, -0.2) is 9.40 Å². The maximum atomic E-state index is 13.5. The van der Waals surface area contributed by atoms with Crippen molar-refractivity contribution in [2.24, 2.45) is 10.1 Å². The first-order valence-electron chi connectivity index (χ1n) is 11.3. The lowest BCUT2D eigenvalue weighted by atomic mass is 9.99. The fourth-order valence-electron chi connectivity index (χ4n) is 4.13. The topological polar surface area (TPSA) is 74.1 Å². The van der Waals surface area contributed by atoms with Crippen molar-refractivity contribution in [3.05, 3.63) is 101 Å². The number of amidine groups is 1. The molecule has 1 N–H and O–H groups in total. The van der Waals surface area contributed by atoms with Crippen molar-refractivity contribution >= 4 is 40.1 Å². The normalized spacial score (nSPS) is 19.5. The zero-order chi connectivity index (χ0) is 24.4. The van der Waals surface area contributed by atoms with Crippen molar-refractivity contribution in [3.63, 3.8) is 0 Å². The molecule has 3 aromatic carbocycles. The van der Waals surface area contributed by atoms with Crippen LogP contribution in [0.1, 0.15) is 35.6 Å². The third kappa shape index (κ3) is 5.02. The van der Waals surface area contributed by atoms with Gasteiger partial charge in [-0.2, -0.15) is 10.1 Å². The number of benzene rings is 3. The number of carbonyl (C=O) groups is 2. The molecule has 0 aliphatic carbocycles. The van der Waals surface area contributed by atoms with Crippen molar-refractivity contribution in [1.29, 1.82) is 0 Å². The molecule has 2 atom stereocenters. The summed E-state index contributed by atoms with van der Waals surface area (Å²) in [6.07, 6.45) is 0.642. The molecule has 176 valence electrons. The van der Waals surface area contributed by atoms with Gasteiger partial charge in [-0.1, -0.05) is 72.4 Å². The molecule has 6 nitrogen and oxygen atoms in total. The molecule has 2 aliphatic heterocycles. The fraction of sp³-hybridized carbons (Fsp3) is 0.185. The van der Waals surface area contributed by atoms with Gasteiger partial charge in [0, 0.05) is 18.5 Å². The van der Waals surface area contributed by atoms with Crippen LogP contribution in [0.25, 0.3) is 0 Å². The molecule has 0 aromatic heterocycles. The Morgan fingerprint density at radius 2 is 1.80 bits per heavy atom. The van der Waals surface area contributed by atoms with Crippen LogP contribution in [0.15, 0.2) is 89.0 Å². The zero-order valence-electron chi connectivity index (χ0n) is 19.0. The standard InChI is InChI=1S/C27H23FN4O2S/c1-17-14-20(12-13-21(17)28)29-25(33)16-24-26(34)30-27(35-24)32-23(19-10-6-3-7-11-19)15-22(31-32)18-8-4-2-5-9-18/h2-14,23-24H,15-16H2,1H3,(H,29,33)/t23-,24+/m0/s1. The Morgan fingerprint density at radius 1 is 1.09 bits per heavy atom. The molecule has 0 unspecified atom stereocenters. The number of hydrogen-bond donors (Lipinski definition) is 1. The molecule has 2 aliphatic rings. The Kier molecular flexibility index (Phi) is 6.46. The molecule has 8 heteroatoms. The van der Waals surface area contributed by atoms with Gasteiger partial charge in [0.05, 0.1) is 11.8 Å². The van der Waals surface area contributed by atoms with E-state index in [4.69, 9.17) is 5.10 Å². The fourth-order valence-corrected chi connectivity index (χ4v) is 5.20. The van der Waals surface area contributed by atoms with Crippen LogP contribution in [0, 0.1) is 12.7 Å². The molecule has 2 heterocycles. The van der Waals surface area contributed by atoms with E-state index >= 15 is 0 Å². The highest BCUT2D eigenvalue weighted by Crippen LogP contribution is 2.38. The van der Waals surface area contributed by atoms with Crippen molar-refractivity contribution in [2.75, 3.05) is 5.32 Å². The molecular formula is C27H23FN4O2S. The predicted octanol–water partition coefficient (Wildman–Crippen LogP) is 5.31. The van der Waals surface area contributed by atoms with Gasteiger partial charge < -0.3 is 5.32 Å². The second kappa shape index (κ2) is 9.84. The van der Waals surface area contributed by atoms with Crippen molar-refractivity contribution in [2.45, 2.75) is 31.1 Å². The first kappa shape index (κ1) is 23.0. The smallest absolute Gasteiger partial charge is 0.262 e. The second-order valence-electron chi connectivity index (χ2n) is 8.44. The van der Waals surface area contributed by atoms with Crippen LogP contribution in [-0.4, -0.2) is 33.0 Å². The number of hydrogen-bond acceptors (Lipinski definition) is 5. The van der Waals surface area contributed by atoms with Crippen molar-refractivity contribution in [3.8, 4) is 0 Å².